The molecule has 4 rings (SSSR count). The molecule has 0 radical (unpaired) electrons. The molecule has 1 fully saturated rings. The van der Waals surface area contributed by atoms with Crippen LogP contribution < -0.4 is 9.64 Å². The van der Waals surface area contributed by atoms with Crippen LogP contribution in [0, 0.1) is 0 Å². The number of furan rings is 1. The van der Waals surface area contributed by atoms with E-state index in [-0.39, 0.29) is 5.92 Å². The van der Waals surface area contributed by atoms with Gasteiger partial charge in [0, 0.05) is 5.92 Å². The van der Waals surface area contributed by atoms with E-state index < -0.39 is 5.60 Å². The van der Waals surface area contributed by atoms with Crippen molar-refractivity contribution in [1.29, 1.82) is 0 Å². The fraction of sp³-hybridized carbons (Fsp3) is 0.385. The molecule has 1 aliphatic rings. The molecule has 0 unspecified atom stereocenters. The summed E-state index contributed by atoms with van der Waals surface area (Å²) in [6.45, 7) is 7.46. The van der Waals surface area contributed by atoms with Crippen molar-refractivity contribution in [2.75, 3.05) is 39.5 Å². The summed E-state index contributed by atoms with van der Waals surface area (Å²) in [5.74, 6) is 1.22. The molecule has 1 aromatic heterocycles. The number of ether oxygens (including phenoxy) is 2. The minimum Gasteiger partial charge on any atom is -0.488 e. The van der Waals surface area contributed by atoms with E-state index >= 15 is 0 Å². The van der Waals surface area contributed by atoms with Crippen molar-refractivity contribution in [3.05, 3.63) is 89.9 Å². The normalized spacial score (nSPS) is 17.7. The van der Waals surface area contributed by atoms with Gasteiger partial charge in [0.05, 0.1) is 19.5 Å². The lowest BCUT2D eigenvalue weighted by molar-refractivity contribution is -0.908. The summed E-state index contributed by atoms with van der Waals surface area (Å²) in [6, 6.07) is 21.6. The van der Waals surface area contributed by atoms with Crippen LogP contribution in [0.1, 0.15) is 36.1 Å². The standard InChI is InChI=1S/C26H31NO4/c1-2-24(21-7-4-3-5-8-21)26(28,25-9-6-17-31-25)22-10-12-23(13-11-22)30-20-16-27-14-18-29-19-15-27/h3-13,17,24,28H,2,14-16,18-20H2,1H3/p+1/t24-,26+/m0/s1. The molecule has 2 atom stereocenters. The lowest BCUT2D eigenvalue weighted by Crippen LogP contribution is -3.14. The van der Waals surface area contributed by atoms with Crippen molar-refractivity contribution in [3.8, 4) is 5.75 Å². The van der Waals surface area contributed by atoms with Crippen LogP contribution in [0.5, 0.6) is 5.75 Å². The van der Waals surface area contributed by atoms with Crippen LogP contribution in [-0.4, -0.2) is 44.6 Å². The summed E-state index contributed by atoms with van der Waals surface area (Å²) in [4.78, 5) is 1.52. The topological polar surface area (TPSA) is 56.3 Å². The molecule has 2 heterocycles. The lowest BCUT2D eigenvalue weighted by Gasteiger charge is -2.35. The Morgan fingerprint density at radius 2 is 1.74 bits per heavy atom. The average Bonchev–Trinajstić information content (AvgIpc) is 3.37. The highest BCUT2D eigenvalue weighted by Gasteiger charge is 2.42. The second kappa shape index (κ2) is 10.1. The summed E-state index contributed by atoms with van der Waals surface area (Å²) in [5, 5.41) is 12.0. The van der Waals surface area contributed by atoms with Crippen LogP contribution >= 0.6 is 0 Å². The molecule has 164 valence electrons. The Morgan fingerprint density at radius 1 is 1.00 bits per heavy atom. The van der Waals surface area contributed by atoms with Crippen molar-refractivity contribution in [2.45, 2.75) is 24.9 Å². The summed E-state index contributed by atoms with van der Waals surface area (Å²) in [6.07, 6.45) is 2.38. The van der Waals surface area contributed by atoms with Crippen molar-refractivity contribution in [1.82, 2.24) is 0 Å². The molecule has 0 aliphatic carbocycles. The Kier molecular flexibility index (Phi) is 7.07. The van der Waals surface area contributed by atoms with Crippen molar-refractivity contribution in [2.24, 2.45) is 0 Å². The second-order valence-electron chi connectivity index (χ2n) is 8.10. The van der Waals surface area contributed by atoms with E-state index in [9.17, 15) is 5.11 Å². The van der Waals surface area contributed by atoms with Gasteiger partial charge in [0.2, 0.25) is 0 Å². The number of hydrogen-bond acceptors (Lipinski definition) is 4. The molecule has 2 N–H and O–H groups in total. The van der Waals surface area contributed by atoms with E-state index in [2.05, 4.69) is 19.1 Å². The SMILES string of the molecule is CC[C@@H](c1ccccc1)[C@](O)(c1ccc(OCC[NH+]2CCOCC2)cc1)c1ccco1. The molecule has 3 aromatic rings. The monoisotopic (exact) mass is 422 g/mol. The third-order valence-corrected chi connectivity index (χ3v) is 6.23. The zero-order chi connectivity index (χ0) is 21.5. The molecule has 1 aliphatic heterocycles. The minimum atomic E-state index is -1.27. The van der Waals surface area contributed by atoms with Gasteiger partial charge in [0.1, 0.15) is 37.8 Å². The quantitative estimate of drug-likeness (QED) is 0.557. The van der Waals surface area contributed by atoms with E-state index in [1.807, 2.05) is 54.6 Å². The first-order valence-electron chi connectivity index (χ1n) is 11.2. The Hall–Kier alpha value is -2.60. The van der Waals surface area contributed by atoms with Crippen molar-refractivity contribution >= 4 is 0 Å². The predicted molar refractivity (Wildman–Crippen MR) is 120 cm³/mol. The fourth-order valence-electron chi connectivity index (χ4n) is 4.50. The van der Waals surface area contributed by atoms with Crippen LogP contribution in [-0.2, 0) is 10.3 Å². The van der Waals surface area contributed by atoms with Crippen LogP contribution in [0.2, 0.25) is 0 Å². The van der Waals surface area contributed by atoms with E-state index in [1.165, 1.54) is 4.90 Å². The zero-order valence-electron chi connectivity index (χ0n) is 18.1. The predicted octanol–water partition coefficient (Wildman–Crippen LogP) is 3.00. The number of nitrogens with one attached hydrogen (secondary N) is 1. The molecule has 1 saturated heterocycles. The first-order chi connectivity index (χ1) is 15.2. The third kappa shape index (κ3) is 4.85. The maximum absolute atomic E-state index is 12.0. The van der Waals surface area contributed by atoms with Crippen molar-refractivity contribution < 1.29 is 23.9 Å². The van der Waals surface area contributed by atoms with Gasteiger partial charge < -0.3 is 23.9 Å². The van der Waals surface area contributed by atoms with Gasteiger partial charge in [-0.25, -0.2) is 0 Å². The number of aliphatic hydroxyl groups is 1. The number of quaternary nitrogens is 1. The van der Waals surface area contributed by atoms with Gasteiger partial charge in [-0.1, -0.05) is 49.4 Å². The Balaban J connectivity index is 1.53. The molecule has 0 saturated carbocycles. The average molecular weight is 423 g/mol. The Labute approximate surface area is 184 Å². The molecule has 0 spiro atoms. The Morgan fingerprint density at radius 3 is 2.39 bits per heavy atom. The van der Waals surface area contributed by atoms with E-state index in [0.29, 0.717) is 12.4 Å². The first-order valence-corrected chi connectivity index (χ1v) is 11.2. The Bertz CT molecular complexity index is 904. The molecule has 2 aromatic carbocycles. The van der Waals surface area contributed by atoms with Gasteiger partial charge in [0.15, 0.2) is 5.60 Å². The number of rotatable bonds is 9. The molecule has 31 heavy (non-hydrogen) atoms. The van der Waals surface area contributed by atoms with Gasteiger partial charge in [0.25, 0.3) is 0 Å². The van der Waals surface area contributed by atoms with Crippen LogP contribution in [0.3, 0.4) is 0 Å². The smallest absolute Gasteiger partial charge is 0.154 e. The maximum Gasteiger partial charge on any atom is 0.154 e. The van der Waals surface area contributed by atoms with Gasteiger partial charge >= 0.3 is 0 Å². The van der Waals surface area contributed by atoms with E-state index in [0.717, 1.165) is 56.1 Å². The fourth-order valence-corrected chi connectivity index (χ4v) is 4.50. The number of hydrogen-bond donors (Lipinski definition) is 2. The molecule has 0 bridgehead atoms. The summed E-state index contributed by atoms with van der Waals surface area (Å²) < 4.78 is 17.1. The first kappa shape index (κ1) is 21.6. The molecular formula is C26H32NO4+. The summed E-state index contributed by atoms with van der Waals surface area (Å²) in [7, 11) is 0. The van der Waals surface area contributed by atoms with E-state index in [1.54, 1.807) is 6.26 Å². The van der Waals surface area contributed by atoms with Crippen LogP contribution in [0.15, 0.2) is 77.4 Å². The number of morpholine rings is 1. The molecular weight excluding hydrogens is 390 g/mol. The number of benzene rings is 2. The highest BCUT2D eigenvalue weighted by Crippen LogP contribution is 2.44. The highest BCUT2D eigenvalue weighted by atomic mass is 16.5. The van der Waals surface area contributed by atoms with Gasteiger partial charge in [-0.15, -0.1) is 0 Å². The minimum absolute atomic E-state index is 0.142. The largest absolute Gasteiger partial charge is 0.488 e. The van der Waals surface area contributed by atoms with Gasteiger partial charge in [-0.3, -0.25) is 0 Å². The molecule has 5 heteroatoms. The zero-order valence-corrected chi connectivity index (χ0v) is 18.1. The molecule has 0 amide bonds. The van der Waals surface area contributed by atoms with Crippen LogP contribution in [0.4, 0.5) is 0 Å². The second-order valence-corrected chi connectivity index (χ2v) is 8.10. The summed E-state index contributed by atoms with van der Waals surface area (Å²) >= 11 is 0. The van der Waals surface area contributed by atoms with Gasteiger partial charge in [-0.05, 0) is 41.8 Å². The highest BCUT2D eigenvalue weighted by molar-refractivity contribution is 5.40. The third-order valence-electron chi connectivity index (χ3n) is 6.23. The van der Waals surface area contributed by atoms with Crippen LogP contribution in [0.25, 0.3) is 0 Å². The lowest BCUT2D eigenvalue weighted by atomic mass is 9.74. The van der Waals surface area contributed by atoms with Crippen molar-refractivity contribution in [3.63, 3.8) is 0 Å². The van der Waals surface area contributed by atoms with E-state index in [4.69, 9.17) is 13.9 Å². The maximum atomic E-state index is 12.0. The van der Waals surface area contributed by atoms with Gasteiger partial charge in [-0.2, -0.15) is 0 Å². The summed E-state index contributed by atoms with van der Waals surface area (Å²) in [5.41, 5.74) is 0.609. The molecule has 5 nitrogen and oxygen atoms in total.